The number of anilines is 2. The maximum atomic E-state index is 12.2. The van der Waals surface area contributed by atoms with Gasteiger partial charge < -0.3 is 10.6 Å². The molecule has 6 heteroatoms. The first-order valence-electron chi connectivity index (χ1n) is 6.56. The van der Waals surface area contributed by atoms with E-state index < -0.39 is 0 Å². The van der Waals surface area contributed by atoms with Crippen LogP contribution in [0.25, 0.3) is 0 Å². The van der Waals surface area contributed by atoms with Crippen LogP contribution in [-0.2, 0) is 0 Å². The molecule has 110 valence electrons. The number of nitrogens with zero attached hydrogens (tertiary/aromatic N) is 1. The van der Waals surface area contributed by atoms with Crippen molar-refractivity contribution in [3.63, 3.8) is 0 Å². The molecule has 0 radical (unpaired) electrons. The van der Waals surface area contributed by atoms with E-state index in [-0.39, 0.29) is 5.91 Å². The second kappa shape index (κ2) is 7.29. The smallest absolute Gasteiger partial charge is 0.257 e. The van der Waals surface area contributed by atoms with Gasteiger partial charge in [0.2, 0.25) is 0 Å². The molecule has 21 heavy (non-hydrogen) atoms. The van der Waals surface area contributed by atoms with Crippen LogP contribution in [0, 0.1) is 0 Å². The van der Waals surface area contributed by atoms with Crippen LogP contribution in [0.4, 0.5) is 11.4 Å². The molecule has 1 amide bonds. The third kappa shape index (κ3) is 4.09. The minimum atomic E-state index is -0.308. The highest BCUT2D eigenvalue weighted by Crippen LogP contribution is 2.30. The summed E-state index contributed by atoms with van der Waals surface area (Å²) in [5.74, 6) is -0.308. The van der Waals surface area contributed by atoms with Gasteiger partial charge in [0.1, 0.15) is 0 Å². The fourth-order valence-electron chi connectivity index (χ4n) is 1.73. The Balaban J connectivity index is 2.17. The average Bonchev–Trinajstić information content (AvgIpc) is 2.49. The Hall–Kier alpha value is -1.78. The predicted octanol–water partition coefficient (Wildman–Crippen LogP) is 4.46. The molecule has 0 saturated carbocycles. The number of benzene rings is 1. The van der Waals surface area contributed by atoms with Crippen LogP contribution in [0.3, 0.4) is 0 Å². The average molecular weight is 324 g/mol. The summed E-state index contributed by atoms with van der Waals surface area (Å²) in [6.45, 7) is 2.89. The van der Waals surface area contributed by atoms with Gasteiger partial charge in [0, 0.05) is 18.9 Å². The van der Waals surface area contributed by atoms with Crippen LogP contribution in [0.15, 0.2) is 36.7 Å². The van der Waals surface area contributed by atoms with Gasteiger partial charge in [-0.1, -0.05) is 36.2 Å². The molecule has 1 aromatic carbocycles. The Morgan fingerprint density at radius 1 is 1.24 bits per heavy atom. The molecule has 0 unspecified atom stereocenters. The summed E-state index contributed by atoms with van der Waals surface area (Å²) < 4.78 is 0. The third-order valence-electron chi connectivity index (χ3n) is 2.78. The molecule has 0 spiro atoms. The van der Waals surface area contributed by atoms with Crippen molar-refractivity contribution in [2.75, 3.05) is 17.2 Å². The molecule has 1 heterocycles. The number of hydrogen-bond donors (Lipinski definition) is 2. The SMILES string of the molecule is CCCNc1cncc(C(=O)Nc2c(Cl)cccc2Cl)c1. The van der Waals surface area contributed by atoms with E-state index in [1.54, 1.807) is 30.5 Å². The number of aromatic nitrogens is 1. The summed E-state index contributed by atoms with van der Waals surface area (Å²) in [6.07, 6.45) is 4.16. The minimum Gasteiger partial charge on any atom is -0.384 e. The van der Waals surface area contributed by atoms with E-state index in [1.165, 1.54) is 6.20 Å². The van der Waals surface area contributed by atoms with Gasteiger partial charge in [-0.15, -0.1) is 0 Å². The summed E-state index contributed by atoms with van der Waals surface area (Å²) in [4.78, 5) is 16.3. The maximum absolute atomic E-state index is 12.2. The van der Waals surface area contributed by atoms with E-state index in [0.29, 0.717) is 21.3 Å². The van der Waals surface area contributed by atoms with E-state index in [4.69, 9.17) is 23.2 Å². The predicted molar refractivity (Wildman–Crippen MR) is 87.4 cm³/mol. The number of nitrogens with one attached hydrogen (secondary N) is 2. The lowest BCUT2D eigenvalue weighted by Gasteiger charge is -2.10. The van der Waals surface area contributed by atoms with E-state index >= 15 is 0 Å². The van der Waals surface area contributed by atoms with Crippen LogP contribution in [-0.4, -0.2) is 17.4 Å². The molecule has 4 nitrogen and oxygen atoms in total. The molecule has 0 fully saturated rings. The number of rotatable bonds is 5. The molecular formula is C15H15Cl2N3O. The Morgan fingerprint density at radius 3 is 2.62 bits per heavy atom. The van der Waals surface area contributed by atoms with Crippen LogP contribution in [0.5, 0.6) is 0 Å². The zero-order valence-electron chi connectivity index (χ0n) is 11.5. The lowest BCUT2D eigenvalue weighted by molar-refractivity contribution is 0.102. The first kappa shape index (κ1) is 15.6. The molecule has 2 N–H and O–H groups in total. The van der Waals surface area contributed by atoms with E-state index in [1.807, 2.05) is 0 Å². The number of hydrogen-bond acceptors (Lipinski definition) is 3. The second-order valence-electron chi connectivity index (χ2n) is 4.44. The van der Waals surface area contributed by atoms with Gasteiger partial charge in [-0.05, 0) is 24.6 Å². The molecular weight excluding hydrogens is 309 g/mol. The Bertz CT molecular complexity index is 626. The van der Waals surface area contributed by atoms with Crippen molar-refractivity contribution in [2.45, 2.75) is 13.3 Å². The highest BCUT2D eigenvalue weighted by atomic mass is 35.5. The lowest BCUT2D eigenvalue weighted by Crippen LogP contribution is -2.13. The fourth-order valence-corrected chi connectivity index (χ4v) is 2.22. The quantitative estimate of drug-likeness (QED) is 0.853. The first-order valence-corrected chi connectivity index (χ1v) is 7.31. The molecule has 0 bridgehead atoms. The lowest BCUT2D eigenvalue weighted by atomic mass is 10.2. The van der Waals surface area contributed by atoms with Crippen molar-refractivity contribution < 1.29 is 4.79 Å². The molecule has 0 aliphatic carbocycles. The van der Waals surface area contributed by atoms with Gasteiger partial charge >= 0.3 is 0 Å². The van der Waals surface area contributed by atoms with Crippen molar-refractivity contribution in [1.82, 2.24) is 4.98 Å². The van der Waals surface area contributed by atoms with Gasteiger partial charge in [-0.2, -0.15) is 0 Å². The van der Waals surface area contributed by atoms with E-state index in [2.05, 4.69) is 22.5 Å². The number of carbonyl (C=O) groups excluding carboxylic acids is 1. The van der Waals surface area contributed by atoms with E-state index in [0.717, 1.165) is 18.7 Å². The topological polar surface area (TPSA) is 54.0 Å². The van der Waals surface area contributed by atoms with Crippen molar-refractivity contribution >= 4 is 40.5 Å². The minimum absolute atomic E-state index is 0.308. The van der Waals surface area contributed by atoms with Gasteiger partial charge in [-0.25, -0.2) is 0 Å². The zero-order valence-corrected chi connectivity index (χ0v) is 13.0. The summed E-state index contributed by atoms with van der Waals surface area (Å²) in [5.41, 5.74) is 1.64. The van der Waals surface area contributed by atoms with Crippen LogP contribution in [0.1, 0.15) is 23.7 Å². The normalized spacial score (nSPS) is 10.2. The first-order chi connectivity index (χ1) is 10.1. The maximum Gasteiger partial charge on any atom is 0.257 e. The van der Waals surface area contributed by atoms with Gasteiger partial charge in [0.25, 0.3) is 5.91 Å². The molecule has 0 aliphatic rings. The Morgan fingerprint density at radius 2 is 1.95 bits per heavy atom. The van der Waals surface area contributed by atoms with Gasteiger partial charge in [0.15, 0.2) is 0 Å². The van der Waals surface area contributed by atoms with Crippen molar-refractivity contribution in [3.05, 3.63) is 52.3 Å². The largest absolute Gasteiger partial charge is 0.384 e. The Kier molecular flexibility index (Phi) is 5.42. The van der Waals surface area contributed by atoms with Crippen molar-refractivity contribution in [1.29, 1.82) is 0 Å². The number of carbonyl (C=O) groups is 1. The molecule has 0 atom stereocenters. The molecule has 2 rings (SSSR count). The van der Waals surface area contributed by atoms with Crippen molar-refractivity contribution in [2.24, 2.45) is 0 Å². The number of halogens is 2. The summed E-state index contributed by atoms with van der Waals surface area (Å²) in [7, 11) is 0. The summed E-state index contributed by atoms with van der Waals surface area (Å²) in [5, 5.41) is 6.67. The van der Waals surface area contributed by atoms with E-state index in [9.17, 15) is 4.79 Å². The van der Waals surface area contributed by atoms with Gasteiger partial charge in [0.05, 0.1) is 27.0 Å². The molecule has 0 saturated heterocycles. The van der Waals surface area contributed by atoms with Crippen LogP contribution < -0.4 is 10.6 Å². The standard InChI is InChI=1S/C15H15Cl2N3O/c1-2-6-19-11-7-10(8-18-9-11)15(21)20-14-12(16)4-3-5-13(14)17/h3-5,7-9,19H,2,6H2,1H3,(H,20,21). The zero-order chi connectivity index (χ0) is 15.2. The fraction of sp³-hybridized carbons (Fsp3) is 0.200. The Labute approximate surface area is 133 Å². The highest BCUT2D eigenvalue weighted by molar-refractivity contribution is 6.40. The van der Waals surface area contributed by atoms with Crippen LogP contribution in [0.2, 0.25) is 10.0 Å². The summed E-state index contributed by atoms with van der Waals surface area (Å²) >= 11 is 12.1. The second-order valence-corrected chi connectivity index (χ2v) is 5.25. The third-order valence-corrected chi connectivity index (χ3v) is 3.41. The summed E-state index contributed by atoms with van der Waals surface area (Å²) in [6, 6.07) is 6.79. The highest BCUT2D eigenvalue weighted by Gasteiger charge is 2.12. The van der Waals surface area contributed by atoms with Gasteiger partial charge in [-0.3, -0.25) is 9.78 Å². The van der Waals surface area contributed by atoms with Crippen LogP contribution >= 0.6 is 23.2 Å². The monoisotopic (exact) mass is 323 g/mol. The number of pyridine rings is 1. The number of amides is 1. The molecule has 0 aliphatic heterocycles. The molecule has 1 aromatic heterocycles. The van der Waals surface area contributed by atoms with Crippen molar-refractivity contribution in [3.8, 4) is 0 Å². The molecule has 2 aromatic rings. The number of para-hydroxylation sites is 1.